The van der Waals surface area contributed by atoms with Crippen LogP contribution in [-0.4, -0.2) is 18.1 Å². The van der Waals surface area contributed by atoms with Gasteiger partial charge in [-0.25, -0.2) is 4.98 Å². The number of hydrogen-bond acceptors (Lipinski definition) is 3. The summed E-state index contributed by atoms with van der Waals surface area (Å²) >= 11 is 0. The van der Waals surface area contributed by atoms with Gasteiger partial charge in [0.25, 0.3) is 0 Å². The first-order chi connectivity index (χ1) is 13.3. The van der Waals surface area contributed by atoms with Gasteiger partial charge in [0.2, 0.25) is 0 Å². The molecule has 0 fully saturated rings. The van der Waals surface area contributed by atoms with E-state index in [4.69, 9.17) is 9.72 Å². The largest absolute Gasteiger partial charge is 0.494 e. The fourth-order valence-corrected chi connectivity index (χ4v) is 4.18. The van der Waals surface area contributed by atoms with Crippen molar-refractivity contribution in [3.8, 4) is 17.0 Å². The maximum Gasteiger partial charge on any atom is 0.119 e. The molecule has 0 saturated carbocycles. The Morgan fingerprint density at radius 1 is 1.00 bits per heavy atom. The number of benzene rings is 3. The first-order valence-electron chi connectivity index (χ1n) is 9.62. The zero-order valence-corrected chi connectivity index (χ0v) is 15.5. The van der Waals surface area contributed by atoms with Gasteiger partial charge in [0.1, 0.15) is 5.75 Å². The van der Waals surface area contributed by atoms with Crippen molar-refractivity contribution in [1.29, 1.82) is 0 Å². The predicted octanol–water partition coefficient (Wildman–Crippen LogP) is 5.10. The summed E-state index contributed by atoms with van der Waals surface area (Å²) < 4.78 is 5.71. The molecule has 0 atom stereocenters. The number of nitrogens with zero attached hydrogens (tertiary/aromatic N) is 1. The van der Waals surface area contributed by atoms with E-state index >= 15 is 0 Å². The third-order valence-corrected chi connectivity index (χ3v) is 5.36. The van der Waals surface area contributed by atoms with Gasteiger partial charge < -0.3 is 10.1 Å². The molecule has 1 aliphatic rings. The standard InChI is InChI=1S/C24H22N2O/c1-2-27-18-8-5-7-17(14-18)24-21-15-25-13-12-20(21)23-19-9-4-3-6-16(19)10-11-22(23)26-24/h3-11,14,25H,2,12-13,15H2,1H3. The number of ether oxygens (including phenoxy) is 1. The molecule has 0 amide bonds. The van der Waals surface area contributed by atoms with Crippen LogP contribution in [0.4, 0.5) is 0 Å². The van der Waals surface area contributed by atoms with Crippen molar-refractivity contribution in [3.63, 3.8) is 0 Å². The van der Waals surface area contributed by atoms with Crippen molar-refractivity contribution >= 4 is 21.7 Å². The average molecular weight is 354 g/mol. The molecular formula is C24H22N2O. The lowest BCUT2D eigenvalue weighted by Gasteiger charge is -2.23. The summed E-state index contributed by atoms with van der Waals surface area (Å²) in [6.45, 7) is 4.54. The van der Waals surface area contributed by atoms with Crippen LogP contribution in [0, 0.1) is 0 Å². The van der Waals surface area contributed by atoms with E-state index in [9.17, 15) is 0 Å². The van der Waals surface area contributed by atoms with E-state index < -0.39 is 0 Å². The SMILES string of the molecule is CCOc1cccc(-c2nc3ccc4ccccc4c3c3c2CNCC3)c1. The molecule has 1 aromatic heterocycles. The Labute approximate surface area is 159 Å². The van der Waals surface area contributed by atoms with Gasteiger partial charge >= 0.3 is 0 Å². The molecule has 0 aliphatic carbocycles. The lowest BCUT2D eigenvalue weighted by molar-refractivity contribution is 0.340. The molecule has 134 valence electrons. The second-order valence-electron chi connectivity index (χ2n) is 6.99. The summed E-state index contributed by atoms with van der Waals surface area (Å²) in [4.78, 5) is 5.11. The number of nitrogens with one attached hydrogen (secondary N) is 1. The van der Waals surface area contributed by atoms with E-state index in [1.54, 1.807) is 0 Å². The molecule has 0 unspecified atom stereocenters. The fourth-order valence-electron chi connectivity index (χ4n) is 4.18. The van der Waals surface area contributed by atoms with Crippen molar-refractivity contribution < 1.29 is 4.74 Å². The highest BCUT2D eigenvalue weighted by Crippen LogP contribution is 2.36. The van der Waals surface area contributed by atoms with Crippen LogP contribution in [0.1, 0.15) is 18.1 Å². The van der Waals surface area contributed by atoms with Crippen molar-refractivity contribution in [3.05, 3.63) is 71.8 Å². The van der Waals surface area contributed by atoms with Crippen LogP contribution in [0.15, 0.2) is 60.7 Å². The minimum Gasteiger partial charge on any atom is -0.494 e. The van der Waals surface area contributed by atoms with Crippen LogP contribution in [-0.2, 0) is 13.0 Å². The highest BCUT2D eigenvalue weighted by atomic mass is 16.5. The van der Waals surface area contributed by atoms with Crippen LogP contribution in [0.5, 0.6) is 5.75 Å². The van der Waals surface area contributed by atoms with Crippen molar-refractivity contribution in [2.75, 3.05) is 13.2 Å². The Kier molecular flexibility index (Phi) is 4.02. The van der Waals surface area contributed by atoms with Gasteiger partial charge in [0, 0.05) is 17.5 Å². The molecule has 27 heavy (non-hydrogen) atoms. The van der Waals surface area contributed by atoms with Crippen molar-refractivity contribution in [2.45, 2.75) is 19.9 Å². The van der Waals surface area contributed by atoms with Crippen molar-refractivity contribution in [1.82, 2.24) is 10.3 Å². The summed E-state index contributed by atoms with van der Waals surface area (Å²) in [5.41, 5.74) is 6.02. The molecular weight excluding hydrogens is 332 g/mol. The van der Waals surface area contributed by atoms with Crippen LogP contribution < -0.4 is 10.1 Å². The summed E-state index contributed by atoms with van der Waals surface area (Å²) in [7, 11) is 0. The zero-order valence-electron chi connectivity index (χ0n) is 15.5. The number of aromatic nitrogens is 1. The first-order valence-corrected chi connectivity index (χ1v) is 9.62. The number of fused-ring (bicyclic) bond motifs is 5. The smallest absolute Gasteiger partial charge is 0.119 e. The molecule has 0 bridgehead atoms. The summed E-state index contributed by atoms with van der Waals surface area (Å²) in [6, 6.07) is 21.3. The van der Waals surface area contributed by atoms with E-state index in [0.29, 0.717) is 6.61 Å². The summed E-state index contributed by atoms with van der Waals surface area (Å²) in [6.07, 6.45) is 1.03. The Hall–Kier alpha value is -2.91. The van der Waals surface area contributed by atoms with E-state index in [2.05, 4.69) is 59.9 Å². The topological polar surface area (TPSA) is 34.1 Å². The van der Waals surface area contributed by atoms with Gasteiger partial charge in [-0.2, -0.15) is 0 Å². The van der Waals surface area contributed by atoms with E-state index in [1.165, 1.54) is 27.3 Å². The monoisotopic (exact) mass is 354 g/mol. The Balaban J connectivity index is 1.82. The Bertz CT molecular complexity index is 1150. The van der Waals surface area contributed by atoms with Gasteiger partial charge in [-0.05, 0) is 60.0 Å². The molecule has 4 aromatic rings. The van der Waals surface area contributed by atoms with Crippen LogP contribution >= 0.6 is 0 Å². The van der Waals surface area contributed by atoms with E-state index in [1.807, 2.05) is 13.0 Å². The number of pyridine rings is 1. The molecule has 0 saturated heterocycles. The molecule has 1 aliphatic heterocycles. The maximum atomic E-state index is 5.71. The maximum absolute atomic E-state index is 5.71. The molecule has 1 N–H and O–H groups in total. The Morgan fingerprint density at radius 2 is 1.93 bits per heavy atom. The minimum absolute atomic E-state index is 0.667. The Morgan fingerprint density at radius 3 is 2.85 bits per heavy atom. The first kappa shape index (κ1) is 16.3. The second-order valence-corrected chi connectivity index (χ2v) is 6.99. The molecule has 3 nitrogen and oxygen atoms in total. The van der Waals surface area contributed by atoms with Gasteiger partial charge in [-0.15, -0.1) is 0 Å². The molecule has 3 heteroatoms. The van der Waals surface area contributed by atoms with E-state index in [0.717, 1.165) is 42.0 Å². The van der Waals surface area contributed by atoms with E-state index in [-0.39, 0.29) is 0 Å². The summed E-state index contributed by atoms with van der Waals surface area (Å²) in [5, 5.41) is 7.42. The lowest BCUT2D eigenvalue weighted by atomic mass is 9.90. The molecule has 5 rings (SSSR count). The quantitative estimate of drug-likeness (QED) is 0.520. The minimum atomic E-state index is 0.667. The summed E-state index contributed by atoms with van der Waals surface area (Å²) in [5.74, 6) is 0.896. The third-order valence-electron chi connectivity index (χ3n) is 5.36. The van der Waals surface area contributed by atoms with Gasteiger partial charge in [0.15, 0.2) is 0 Å². The van der Waals surface area contributed by atoms with Gasteiger partial charge in [0.05, 0.1) is 17.8 Å². The molecule has 0 spiro atoms. The molecule has 0 radical (unpaired) electrons. The molecule has 3 aromatic carbocycles. The number of rotatable bonds is 3. The zero-order chi connectivity index (χ0) is 18.2. The highest BCUT2D eigenvalue weighted by Gasteiger charge is 2.20. The predicted molar refractivity (Wildman–Crippen MR) is 111 cm³/mol. The van der Waals surface area contributed by atoms with Gasteiger partial charge in [-0.1, -0.05) is 42.5 Å². The normalized spacial score (nSPS) is 13.7. The van der Waals surface area contributed by atoms with Gasteiger partial charge in [-0.3, -0.25) is 0 Å². The second kappa shape index (κ2) is 6.67. The average Bonchev–Trinajstić information content (AvgIpc) is 2.73. The lowest BCUT2D eigenvalue weighted by Crippen LogP contribution is -2.25. The molecule has 2 heterocycles. The van der Waals surface area contributed by atoms with Crippen LogP contribution in [0.25, 0.3) is 32.9 Å². The number of hydrogen-bond donors (Lipinski definition) is 1. The third kappa shape index (κ3) is 2.75. The fraction of sp³-hybridized carbons (Fsp3) is 0.208. The highest BCUT2D eigenvalue weighted by molar-refractivity contribution is 6.09. The van der Waals surface area contributed by atoms with Crippen LogP contribution in [0.2, 0.25) is 0 Å². The van der Waals surface area contributed by atoms with Crippen LogP contribution in [0.3, 0.4) is 0 Å². The van der Waals surface area contributed by atoms with Crippen molar-refractivity contribution in [2.24, 2.45) is 0 Å².